The highest BCUT2D eigenvalue weighted by molar-refractivity contribution is 5.78. The first-order valence-corrected chi connectivity index (χ1v) is 9.36. The zero-order chi connectivity index (χ0) is 18.9. The van der Waals surface area contributed by atoms with E-state index in [4.69, 9.17) is 9.47 Å². The molecule has 2 aliphatic heterocycles. The summed E-state index contributed by atoms with van der Waals surface area (Å²) < 4.78 is 13.2. The summed E-state index contributed by atoms with van der Waals surface area (Å²) in [6, 6.07) is 7.87. The molecule has 0 bridgehead atoms. The topological polar surface area (TPSA) is 59.8 Å². The molecule has 0 unspecified atom stereocenters. The summed E-state index contributed by atoms with van der Waals surface area (Å²) in [6.45, 7) is 3.69. The Kier molecular flexibility index (Phi) is 4.88. The third-order valence-corrected chi connectivity index (χ3v) is 5.59. The summed E-state index contributed by atoms with van der Waals surface area (Å²) in [5.74, 6) is 0.881. The third kappa shape index (κ3) is 3.70. The minimum absolute atomic E-state index is 0.0757. The molecule has 0 saturated carbocycles. The minimum Gasteiger partial charge on any atom is -0.494 e. The number of amides is 1. The van der Waals surface area contributed by atoms with Gasteiger partial charge in [-0.15, -0.1) is 0 Å². The average molecular weight is 370 g/mol. The monoisotopic (exact) mass is 370 g/mol. The summed E-state index contributed by atoms with van der Waals surface area (Å²) in [7, 11) is 3.54. The Labute approximate surface area is 159 Å². The van der Waals surface area contributed by atoms with E-state index in [-0.39, 0.29) is 18.1 Å². The molecule has 0 N–H and O–H groups in total. The van der Waals surface area contributed by atoms with Crippen molar-refractivity contribution in [3.63, 3.8) is 0 Å². The maximum atomic E-state index is 11.7. The number of benzene rings is 1. The van der Waals surface area contributed by atoms with Crippen LogP contribution in [-0.2, 0) is 16.1 Å². The van der Waals surface area contributed by atoms with Gasteiger partial charge in [-0.2, -0.15) is 5.10 Å². The fourth-order valence-corrected chi connectivity index (χ4v) is 3.96. The largest absolute Gasteiger partial charge is 0.494 e. The van der Waals surface area contributed by atoms with Gasteiger partial charge in [-0.05, 0) is 25.0 Å². The van der Waals surface area contributed by atoms with Crippen molar-refractivity contribution < 1.29 is 14.3 Å². The van der Waals surface area contributed by atoms with Gasteiger partial charge in [0.05, 0.1) is 18.9 Å². The van der Waals surface area contributed by atoms with Crippen molar-refractivity contribution in [1.29, 1.82) is 0 Å². The van der Waals surface area contributed by atoms with Gasteiger partial charge in [0.1, 0.15) is 18.0 Å². The molecule has 2 saturated heterocycles. The van der Waals surface area contributed by atoms with Crippen LogP contribution in [0.5, 0.6) is 5.75 Å². The Morgan fingerprint density at radius 3 is 2.78 bits per heavy atom. The summed E-state index contributed by atoms with van der Waals surface area (Å²) in [6.07, 6.45) is 5.88. The first kappa shape index (κ1) is 18.0. The molecule has 2 aliphatic rings. The number of rotatable bonds is 4. The molecule has 2 aromatic rings. The highest BCUT2D eigenvalue weighted by Crippen LogP contribution is 2.30. The SMILES string of the molecule is COc1ccccc1-n1cc(CN2CCC3(CC2)CN(C)C(=O)CO3)cn1. The number of carbonyl (C=O) groups is 1. The van der Waals surface area contributed by atoms with Crippen LogP contribution in [0.4, 0.5) is 0 Å². The minimum atomic E-state index is -0.166. The number of hydrogen-bond acceptors (Lipinski definition) is 5. The molecule has 3 heterocycles. The van der Waals surface area contributed by atoms with Gasteiger partial charge in [0.25, 0.3) is 0 Å². The molecule has 7 nitrogen and oxygen atoms in total. The van der Waals surface area contributed by atoms with Crippen molar-refractivity contribution in [2.75, 3.05) is 40.4 Å². The second-order valence-electron chi connectivity index (χ2n) is 7.46. The van der Waals surface area contributed by atoms with Crippen LogP contribution >= 0.6 is 0 Å². The number of nitrogens with zero attached hydrogens (tertiary/aromatic N) is 4. The van der Waals surface area contributed by atoms with E-state index in [1.807, 2.05) is 42.2 Å². The zero-order valence-electron chi connectivity index (χ0n) is 15.9. The van der Waals surface area contributed by atoms with Gasteiger partial charge < -0.3 is 14.4 Å². The molecule has 1 aromatic carbocycles. The number of ether oxygens (including phenoxy) is 2. The van der Waals surface area contributed by atoms with Crippen LogP contribution in [0, 0.1) is 0 Å². The highest BCUT2D eigenvalue weighted by Gasteiger charge is 2.41. The standard InChI is InChI=1S/C20H26N4O3/c1-22-15-20(27-14-19(22)25)7-9-23(10-8-20)12-16-11-21-24(13-16)17-5-3-4-6-18(17)26-2/h3-6,11,13H,7-10,12,14-15H2,1-2H3. The van der Waals surface area contributed by atoms with Gasteiger partial charge in [-0.1, -0.05) is 12.1 Å². The van der Waals surface area contributed by atoms with Gasteiger partial charge >= 0.3 is 0 Å². The fourth-order valence-electron chi connectivity index (χ4n) is 3.96. The normalized spacial score (nSPS) is 20.2. The number of aromatic nitrogens is 2. The third-order valence-electron chi connectivity index (χ3n) is 5.59. The molecule has 0 aliphatic carbocycles. The van der Waals surface area contributed by atoms with Gasteiger partial charge in [0, 0.05) is 45.0 Å². The van der Waals surface area contributed by atoms with Crippen molar-refractivity contribution in [1.82, 2.24) is 19.6 Å². The molecule has 0 atom stereocenters. The van der Waals surface area contributed by atoms with E-state index in [2.05, 4.69) is 16.2 Å². The van der Waals surface area contributed by atoms with Crippen LogP contribution in [0.15, 0.2) is 36.7 Å². The summed E-state index contributed by atoms with van der Waals surface area (Å²) in [4.78, 5) is 15.9. The predicted octanol–water partition coefficient (Wildman–Crippen LogP) is 1.70. The first-order valence-electron chi connectivity index (χ1n) is 9.36. The maximum Gasteiger partial charge on any atom is 0.248 e. The fraction of sp³-hybridized carbons (Fsp3) is 0.500. The van der Waals surface area contributed by atoms with Crippen LogP contribution in [0.2, 0.25) is 0 Å². The van der Waals surface area contributed by atoms with Crippen LogP contribution in [0.3, 0.4) is 0 Å². The Bertz CT molecular complexity index is 811. The smallest absolute Gasteiger partial charge is 0.248 e. The number of para-hydroxylation sites is 2. The second kappa shape index (κ2) is 7.32. The quantitative estimate of drug-likeness (QED) is 0.820. The second-order valence-corrected chi connectivity index (χ2v) is 7.46. The predicted molar refractivity (Wildman–Crippen MR) is 101 cm³/mol. The van der Waals surface area contributed by atoms with Crippen molar-refractivity contribution in [3.05, 3.63) is 42.2 Å². The lowest BCUT2D eigenvalue weighted by Crippen LogP contribution is -2.57. The number of methoxy groups -OCH3 is 1. The molecule has 0 radical (unpaired) electrons. The van der Waals surface area contributed by atoms with E-state index < -0.39 is 0 Å². The maximum absolute atomic E-state index is 11.7. The van der Waals surface area contributed by atoms with Crippen LogP contribution in [0.25, 0.3) is 5.69 Å². The van der Waals surface area contributed by atoms with Gasteiger partial charge in [-0.25, -0.2) is 4.68 Å². The number of carbonyl (C=O) groups excluding carboxylic acids is 1. The lowest BCUT2D eigenvalue weighted by atomic mass is 9.89. The molecule has 1 aromatic heterocycles. The van der Waals surface area contributed by atoms with E-state index in [0.29, 0.717) is 6.54 Å². The van der Waals surface area contributed by atoms with Crippen LogP contribution in [0.1, 0.15) is 18.4 Å². The van der Waals surface area contributed by atoms with E-state index in [0.717, 1.165) is 43.9 Å². The van der Waals surface area contributed by atoms with Crippen molar-refractivity contribution in [3.8, 4) is 11.4 Å². The number of piperidine rings is 1. The molecule has 1 spiro atoms. The zero-order valence-corrected chi connectivity index (χ0v) is 15.9. The highest BCUT2D eigenvalue weighted by atomic mass is 16.5. The van der Waals surface area contributed by atoms with Crippen LogP contribution in [-0.4, -0.2) is 71.5 Å². The van der Waals surface area contributed by atoms with Gasteiger partial charge in [0.2, 0.25) is 5.91 Å². The molecule has 7 heteroatoms. The summed E-state index contributed by atoms with van der Waals surface area (Å²) in [5.41, 5.74) is 1.95. The van der Waals surface area contributed by atoms with Crippen molar-refractivity contribution in [2.24, 2.45) is 0 Å². The van der Waals surface area contributed by atoms with Gasteiger partial charge in [-0.3, -0.25) is 9.69 Å². The Balaban J connectivity index is 1.38. The van der Waals surface area contributed by atoms with E-state index in [1.165, 1.54) is 5.56 Å². The number of likely N-dealkylation sites (tertiary alicyclic amines) is 1. The molecular formula is C20H26N4O3. The molecular weight excluding hydrogens is 344 g/mol. The number of hydrogen-bond donors (Lipinski definition) is 0. The molecule has 27 heavy (non-hydrogen) atoms. The lowest BCUT2D eigenvalue weighted by Gasteiger charge is -2.46. The summed E-state index contributed by atoms with van der Waals surface area (Å²) in [5, 5.41) is 4.50. The van der Waals surface area contributed by atoms with E-state index in [9.17, 15) is 4.79 Å². The molecule has 4 rings (SSSR count). The Morgan fingerprint density at radius 1 is 1.26 bits per heavy atom. The van der Waals surface area contributed by atoms with Gasteiger partial charge in [0.15, 0.2) is 0 Å². The Hall–Kier alpha value is -2.38. The first-order chi connectivity index (χ1) is 13.1. The van der Waals surface area contributed by atoms with E-state index in [1.54, 1.807) is 12.0 Å². The number of likely N-dealkylation sites (N-methyl/N-ethyl adjacent to an activating group) is 1. The van der Waals surface area contributed by atoms with E-state index >= 15 is 0 Å². The average Bonchev–Trinajstić information content (AvgIpc) is 3.15. The Morgan fingerprint density at radius 2 is 2.04 bits per heavy atom. The lowest BCUT2D eigenvalue weighted by molar-refractivity contribution is -0.169. The molecule has 2 fully saturated rings. The van der Waals surface area contributed by atoms with Crippen molar-refractivity contribution >= 4 is 5.91 Å². The summed E-state index contributed by atoms with van der Waals surface area (Å²) >= 11 is 0. The molecule has 144 valence electrons. The molecule has 1 amide bonds. The van der Waals surface area contributed by atoms with Crippen molar-refractivity contribution in [2.45, 2.75) is 25.0 Å². The van der Waals surface area contributed by atoms with Crippen LogP contribution < -0.4 is 4.74 Å². The number of morpholine rings is 1.